The number of nitrogens with zero attached hydrogens (tertiary/aromatic N) is 1. The number of nitrogens with one attached hydrogen (secondary N) is 2. The molecule has 152 valence electrons. The number of benzene rings is 1. The Hall–Kier alpha value is -1.64. The highest BCUT2D eigenvalue weighted by Gasteiger charge is 2.31. The van der Waals surface area contributed by atoms with Crippen molar-refractivity contribution in [1.29, 1.82) is 0 Å². The maximum Gasteiger partial charge on any atom is 0.275 e. The molecule has 0 saturated carbocycles. The fraction of sp³-hybridized carbons (Fsp3) is 0.632. The third-order valence-electron chi connectivity index (χ3n) is 4.74. The van der Waals surface area contributed by atoms with Crippen LogP contribution in [0.3, 0.4) is 0 Å². The number of hydrogen-bond acceptors (Lipinski definition) is 4. The molecule has 1 saturated heterocycles. The summed E-state index contributed by atoms with van der Waals surface area (Å²) in [5.74, 6) is 0.697. The number of quaternary nitrogens is 1. The molecular weight excluding hydrogens is 366 g/mol. The van der Waals surface area contributed by atoms with Crippen LogP contribution in [0, 0.1) is 0 Å². The van der Waals surface area contributed by atoms with Crippen LogP contribution in [0.25, 0.3) is 0 Å². The van der Waals surface area contributed by atoms with Crippen LogP contribution in [0.5, 0.6) is 5.75 Å². The van der Waals surface area contributed by atoms with Gasteiger partial charge in [0.05, 0.1) is 37.7 Å². The van der Waals surface area contributed by atoms with Crippen molar-refractivity contribution in [3.8, 4) is 5.75 Å². The lowest BCUT2D eigenvalue weighted by molar-refractivity contribution is -0.895. The molecule has 0 unspecified atom stereocenters. The van der Waals surface area contributed by atoms with Gasteiger partial charge in [0.25, 0.3) is 5.91 Å². The van der Waals surface area contributed by atoms with Crippen molar-refractivity contribution in [2.24, 2.45) is 0 Å². The zero-order valence-corrected chi connectivity index (χ0v) is 17.3. The molecular formula is C19H32N3O4S+. The molecule has 2 N–H and O–H groups in total. The molecule has 0 bridgehead atoms. The molecule has 1 amide bonds. The Bertz CT molecular complexity index is 698. The number of hydrogen-bond donors (Lipinski definition) is 2. The van der Waals surface area contributed by atoms with Crippen molar-refractivity contribution in [2.75, 3.05) is 39.3 Å². The predicted molar refractivity (Wildman–Crippen MR) is 104 cm³/mol. The predicted octanol–water partition coefficient (Wildman–Crippen LogP) is 0.279. The van der Waals surface area contributed by atoms with Gasteiger partial charge in [-0.05, 0) is 44.5 Å². The van der Waals surface area contributed by atoms with E-state index in [-0.39, 0.29) is 16.8 Å². The van der Waals surface area contributed by atoms with Crippen LogP contribution >= 0.6 is 0 Å². The Kier molecular flexibility index (Phi) is 8.07. The highest BCUT2D eigenvalue weighted by atomic mass is 32.2. The normalized spacial score (nSPS) is 17.4. The Labute approximate surface area is 162 Å². The fourth-order valence-electron chi connectivity index (χ4n) is 3.30. The van der Waals surface area contributed by atoms with E-state index in [0.29, 0.717) is 45.1 Å². The average molecular weight is 399 g/mol. The summed E-state index contributed by atoms with van der Waals surface area (Å²) in [6.07, 6.45) is 2.01. The van der Waals surface area contributed by atoms with Crippen molar-refractivity contribution in [3.63, 3.8) is 0 Å². The minimum Gasteiger partial charge on any atom is -0.494 e. The summed E-state index contributed by atoms with van der Waals surface area (Å²) in [5, 5.41) is 3.01. The van der Waals surface area contributed by atoms with Crippen LogP contribution in [0.4, 0.5) is 0 Å². The van der Waals surface area contributed by atoms with Crippen molar-refractivity contribution in [1.82, 2.24) is 9.62 Å². The van der Waals surface area contributed by atoms with E-state index >= 15 is 0 Å². The third-order valence-corrected chi connectivity index (χ3v) is 6.65. The molecule has 27 heavy (non-hydrogen) atoms. The molecule has 8 heteroatoms. The lowest BCUT2D eigenvalue weighted by Gasteiger charge is -2.31. The highest BCUT2D eigenvalue weighted by Crippen LogP contribution is 2.19. The molecule has 1 aromatic carbocycles. The Morgan fingerprint density at radius 1 is 1.22 bits per heavy atom. The Morgan fingerprint density at radius 2 is 1.85 bits per heavy atom. The van der Waals surface area contributed by atoms with Crippen LogP contribution in [0.1, 0.15) is 33.6 Å². The standard InChI is InChI=1S/C19H31N3O4S/c1-4-6-16(3)20-19(23)15-21-11-13-22(14-12-21)27(24,25)18-9-7-17(8-10-18)26-5-2/h7-10,16H,4-6,11-15H2,1-3H3,(H,20,23)/p+1/t16-/m0/s1. The summed E-state index contributed by atoms with van der Waals surface area (Å²) in [6.45, 7) is 9.03. The molecule has 7 nitrogen and oxygen atoms in total. The molecule has 1 aromatic rings. The number of rotatable bonds is 9. The smallest absolute Gasteiger partial charge is 0.275 e. The van der Waals surface area contributed by atoms with Crippen LogP contribution in [-0.2, 0) is 14.8 Å². The van der Waals surface area contributed by atoms with E-state index < -0.39 is 10.0 Å². The van der Waals surface area contributed by atoms with Crippen molar-refractivity contribution in [3.05, 3.63) is 24.3 Å². The highest BCUT2D eigenvalue weighted by molar-refractivity contribution is 7.89. The summed E-state index contributed by atoms with van der Waals surface area (Å²) < 4.78 is 32.5. The quantitative estimate of drug-likeness (QED) is 0.626. The SMILES string of the molecule is CCC[C@H](C)NC(=O)C[NH+]1CCN(S(=O)(=O)c2ccc(OCC)cc2)CC1. The van der Waals surface area contributed by atoms with Gasteiger partial charge in [0.15, 0.2) is 6.54 Å². The second kappa shape index (κ2) is 10.1. The van der Waals surface area contributed by atoms with Crippen molar-refractivity contribution < 1.29 is 22.8 Å². The van der Waals surface area contributed by atoms with E-state index in [9.17, 15) is 13.2 Å². The number of piperazine rings is 1. The van der Waals surface area contributed by atoms with Gasteiger partial charge in [-0.25, -0.2) is 8.42 Å². The number of carbonyl (C=O) groups excluding carboxylic acids is 1. The van der Waals surface area contributed by atoms with Crippen LogP contribution in [-0.4, -0.2) is 64.0 Å². The van der Waals surface area contributed by atoms with Gasteiger partial charge in [0, 0.05) is 6.04 Å². The molecule has 0 aliphatic carbocycles. The number of amides is 1. The molecule has 1 heterocycles. The van der Waals surface area contributed by atoms with Gasteiger partial charge in [-0.15, -0.1) is 0 Å². The number of sulfonamides is 1. The van der Waals surface area contributed by atoms with Crippen LogP contribution < -0.4 is 15.0 Å². The molecule has 0 spiro atoms. The summed E-state index contributed by atoms with van der Waals surface area (Å²) in [6, 6.07) is 6.71. The van der Waals surface area contributed by atoms with Gasteiger partial charge < -0.3 is 15.0 Å². The lowest BCUT2D eigenvalue weighted by atomic mass is 10.2. The number of ether oxygens (including phenoxy) is 1. The van der Waals surface area contributed by atoms with Gasteiger partial charge in [-0.2, -0.15) is 4.31 Å². The molecule has 0 aromatic heterocycles. The van der Waals surface area contributed by atoms with Crippen LogP contribution in [0.2, 0.25) is 0 Å². The van der Waals surface area contributed by atoms with E-state index in [4.69, 9.17) is 4.74 Å². The molecule has 1 aliphatic heterocycles. The first-order valence-corrected chi connectivity index (χ1v) is 11.2. The van der Waals surface area contributed by atoms with E-state index in [1.807, 2.05) is 13.8 Å². The monoisotopic (exact) mass is 398 g/mol. The topological polar surface area (TPSA) is 80.2 Å². The molecule has 2 rings (SSSR count). The van der Waals surface area contributed by atoms with E-state index in [1.165, 1.54) is 4.31 Å². The summed E-state index contributed by atoms with van der Waals surface area (Å²) in [4.78, 5) is 13.5. The first-order valence-electron chi connectivity index (χ1n) is 9.72. The minimum atomic E-state index is -3.51. The van der Waals surface area contributed by atoms with Crippen LogP contribution in [0.15, 0.2) is 29.2 Å². The zero-order valence-electron chi connectivity index (χ0n) is 16.5. The minimum absolute atomic E-state index is 0.0359. The van der Waals surface area contributed by atoms with Gasteiger partial charge in [0.1, 0.15) is 5.75 Å². The third kappa shape index (κ3) is 6.19. The van der Waals surface area contributed by atoms with E-state index in [1.54, 1.807) is 24.3 Å². The lowest BCUT2D eigenvalue weighted by Crippen LogP contribution is -3.15. The molecule has 1 fully saturated rings. The maximum absolute atomic E-state index is 12.8. The van der Waals surface area contributed by atoms with Gasteiger partial charge in [-0.1, -0.05) is 13.3 Å². The van der Waals surface area contributed by atoms with Crippen molar-refractivity contribution in [2.45, 2.75) is 44.6 Å². The largest absolute Gasteiger partial charge is 0.494 e. The maximum atomic E-state index is 12.8. The summed E-state index contributed by atoms with van der Waals surface area (Å²) >= 11 is 0. The second-order valence-electron chi connectivity index (χ2n) is 6.99. The molecule has 1 aliphatic rings. The second-order valence-corrected chi connectivity index (χ2v) is 8.93. The van der Waals surface area contributed by atoms with Gasteiger partial charge in [-0.3, -0.25) is 4.79 Å². The Balaban J connectivity index is 1.87. The van der Waals surface area contributed by atoms with Crippen molar-refractivity contribution >= 4 is 15.9 Å². The van der Waals surface area contributed by atoms with E-state index in [0.717, 1.165) is 17.7 Å². The van der Waals surface area contributed by atoms with Gasteiger partial charge >= 0.3 is 0 Å². The summed E-state index contributed by atoms with van der Waals surface area (Å²) in [7, 11) is -3.51. The summed E-state index contributed by atoms with van der Waals surface area (Å²) in [5.41, 5.74) is 0. The first-order chi connectivity index (χ1) is 12.9. The van der Waals surface area contributed by atoms with E-state index in [2.05, 4.69) is 12.2 Å². The number of carbonyl (C=O) groups is 1. The first kappa shape index (κ1) is 21.7. The molecule has 1 atom stereocenters. The average Bonchev–Trinajstić information content (AvgIpc) is 2.63. The molecule has 0 radical (unpaired) electrons. The van der Waals surface area contributed by atoms with Gasteiger partial charge in [0.2, 0.25) is 10.0 Å². The zero-order chi connectivity index (χ0) is 19.9. The Morgan fingerprint density at radius 3 is 2.41 bits per heavy atom. The fourth-order valence-corrected chi connectivity index (χ4v) is 4.74.